The number of rotatable bonds is 5. The van der Waals surface area contributed by atoms with Crippen LogP contribution in [0.5, 0.6) is 0 Å². The van der Waals surface area contributed by atoms with E-state index in [0.717, 1.165) is 37.6 Å². The Balaban J connectivity index is 1.78. The summed E-state index contributed by atoms with van der Waals surface area (Å²) in [5, 5.41) is 3.49. The van der Waals surface area contributed by atoms with E-state index >= 15 is 0 Å². The largest absolute Gasteiger partial charge is 0.316 e. The Morgan fingerprint density at radius 2 is 1.70 bits per heavy atom. The normalized spacial score (nSPS) is 22.1. The zero-order chi connectivity index (χ0) is 14.4. The van der Waals surface area contributed by atoms with Crippen LogP contribution in [0.15, 0.2) is 18.2 Å². The van der Waals surface area contributed by atoms with Crippen LogP contribution < -0.4 is 5.32 Å². The molecule has 1 spiro atoms. The van der Waals surface area contributed by atoms with Crippen molar-refractivity contribution in [2.45, 2.75) is 44.9 Å². The molecule has 110 valence electrons. The third-order valence-corrected chi connectivity index (χ3v) is 4.87. The molecule has 1 N–H and O–H groups in total. The summed E-state index contributed by atoms with van der Waals surface area (Å²) in [6.07, 6.45) is 4.73. The Morgan fingerprint density at radius 1 is 1.10 bits per heavy atom. The second-order valence-corrected chi connectivity index (χ2v) is 7.32. The number of hydrogen-bond acceptors (Lipinski definition) is 1. The molecule has 0 atom stereocenters. The molecule has 2 fully saturated rings. The van der Waals surface area contributed by atoms with Gasteiger partial charge in [-0.15, -0.1) is 0 Å². The van der Waals surface area contributed by atoms with Gasteiger partial charge in [0, 0.05) is 18.0 Å². The molecule has 0 saturated heterocycles. The Labute approximate surface area is 119 Å². The zero-order valence-corrected chi connectivity index (χ0v) is 12.3. The van der Waals surface area contributed by atoms with Gasteiger partial charge in [-0.3, -0.25) is 0 Å². The molecule has 1 aromatic rings. The van der Waals surface area contributed by atoms with E-state index in [4.69, 9.17) is 0 Å². The van der Waals surface area contributed by atoms with Gasteiger partial charge in [-0.05, 0) is 61.3 Å². The maximum absolute atomic E-state index is 13.5. The first kappa shape index (κ1) is 14.0. The smallest absolute Gasteiger partial charge is 0.126 e. The molecule has 0 aliphatic heterocycles. The lowest BCUT2D eigenvalue weighted by Gasteiger charge is -2.49. The SMILES string of the molecule is CC(C)CNCC1(c2cc(F)cc(F)c2)CC2(CC2)C1. The highest BCUT2D eigenvalue weighted by atomic mass is 19.1. The van der Waals surface area contributed by atoms with Crippen molar-refractivity contribution in [1.82, 2.24) is 5.32 Å². The van der Waals surface area contributed by atoms with Gasteiger partial charge in [0.25, 0.3) is 0 Å². The number of benzene rings is 1. The van der Waals surface area contributed by atoms with E-state index in [-0.39, 0.29) is 5.41 Å². The summed E-state index contributed by atoms with van der Waals surface area (Å²) in [4.78, 5) is 0. The van der Waals surface area contributed by atoms with Crippen LogP contribution in [0.2, 0.25) is 0 Å². The Morgan fingerprint density at radius 3 is 2.20 bits per heavy atom. The highest BCUT2D eigenvalue weighted by Gasteiger charge is 2.61. The van der Waals surface area contributed by atoms with Crippen LogP contribution in [0.25, 0.3) is 0 Å². The monoisotopic (exact) mass is 279 g/mol. The minimum Gasteiger partial charge on any atom is -0.316 e. The van der Waals surface area contributed by atoms with Crippen molar-refractivity contribution in [3.8, 4) is 0 Å². The summed E-state index contributed by atoms with van der Waals surface area (Å²) in [6, 6.07) is 4.01. The summed E-state index contributed by atoms with van der Waals surface area (Å²) >= 11 is 0. The topological polar surface area (TPSA) is 12.0 Å². The molecule has 1 nitrogen and oxygen atoms in total. The van der Waals surface area contributed by atoms with Crippen molar-refractivity contribution in [3.63, 3.8) is 0 Å². The quantitative estimate of drug-likeness (QED) is 0.858. The van der Waals surface area contributed by atoms with Crippen LogP contribution in [-0.4, -0.2) is 13.1 Å². The molecule has 0 aromatic heterocycles. The Hall–Kier alpha value is -0.960. The fourth-order valence-electron chi connectivity index (χ4n) is 3.81. The van der Waals surface area contributed by atoms with Gasteiger partial charge in [0.15, 0.2) is 0 Å². The van der Waals surface area contributed by atoms with Crippen LogP contribution in [0.4, 0.5) is 8.78 Å². The van der Waals surface area contributed by atoms with Gasteiger partial charge in [0.05, 0.1) is 0 Å². The van der Waals surface area contributed by atoms with Crippen molar-refractivity contribution in [3.05, 3.63) is 35.4 Å². The molecule has 2 aliphatic carbocycles. The molecule has 3 heteroatoms. The van der Waals surface area contributed by atoms with Gasteiger partial charge in [-0.1, -0.05) is 13.8 Å². The average molecular weight is 279 g/mol. The molecule has 0 unspecified atom stereocenters. The molecule has 0 radical (unpaired) electrons. The first-order chi connectivity index (χ1) is 9.43. The third kappa shape index (κ3) is 2.60. The summed E-state index contributed by atoms with van der Waals surface area (Å²) in [6.45, 7) is 6.12. The molecular weight excluding hydrogens is 256 g/mol. The van der Waals surface area contributed by atoms with Crippen LogP contribution in [0.3, 0.4) is 0 Å². The summed E-state index contributed by atoms with van der Waals surface area (Å²) in [5.41, 5.74) is 1.28. The lowest BCUT2D eigenvalue weighted by atomic mass is 9.56. The van der Waals surface area contributed by atoms with E-state index in [0.29, 0.717) is 11.3 Å². The predicted octanol–water partition coefficient (Wildman–Crippen LogP) is 4.02. The summed E-state index contributed by atoms with van der Waals surface area (Å²) in [7, 11) is 0. The van der Waals surface area contributed by atoms with Gasteiger partial charge in [-0.2, -0.15) is 0 Å². The molecule has 0 amide bonds. The van der Waals surface area contributed by atoms with Gasteiger partial charge in [0.2, 0.25) is 0 Å². The molecule has 1 aromatic carbocycles. The molecule has 2 aliphatic rings. The van der Waals surface area contributed by atoms with Crippen LogP contribution in [0.1, 0.15) is 45.1 Å². The second-order valence-electron chi connectivity index (χ2n) is 7.32. The first-order valence-electron chi connectivity index (χ1n) is 7.60. The van der Waals surface area contributed by atoms with E-state index in [1.54, 1.807) is 0 Å². The standard InChI is InChI=1S/C17H23F2N/c1-12(2)8-20-11-17(9-16(10-17)3-4-16)13-5-14(18)7-15(19)6-13/h5-7,12,20H,3-4,8-11H2,1-2H3. The minimum absolute atomic E-state index is 0.0612. The average Bonchev–Trinajstić information content (AvgIpc) is 3.06. The number of halogens is 2. The highest BCUT2D eigenvalue weighted by molar-refractivity contribution is 5.34. The van der Waals surface area contributed by atoms with Gasteiger partial charge >= 0.3 is 0 Å². The molecule has 0 bridgehead atoms. The molecule has 0 heterocycles. The van der Waals surface area contributed by atoms with E-state index in [2.05, 4.69) is 19.2 Å². The van der Waals surface area contributed by atoms with Crippen LogP contribution >= 0.6 is 0 Å². The second kappa shape index (κ2) is 4.80. The predicted molar refractivity (Wildman–Crippen MR) is 76.6 cm³/mol. The minimum atomic E-state index is -0.458. The van der Waals surface area contributed by atoms with Crippen LogP contribution in [0, 0.1) is 23.0 Å². The third-order valence-electron chi connectivity index (χ3n) is 4.87. The van der Waals surface area contributed by atoms with E-state index < -0.39 is 11.6 Å². The molecule has 20 heavy (non-hydrogen) atoms. The summed E-state index contributed by atoms with van der Waals surface area (Å²) in [5.74, 6) is -0.328. The van der Waals surface area contributed by atoms with Crippen LogP contribution in [-0.2, 0) is 5.41 Å². The maximum atomic E-state index is 13.5. The molecule has 3 rings (SSSR count). The first-order valence-corrected chi connectivity index (χ1v) is 7.60. The van der Waals surface area contributed by atoms with Crippen molar-refractivity contribution in [2.24, 2.45) is 11.3 Å². The summed E-state index contributed by atoms with van der Waals surface area (Å²) < 4.78 is 27.0. The lowest BCUT2D eigenvalue weighted by Crippen LogP contribution is -2.50. The van der Waals surface area contributed by atoms with Crippen molar-refractivity contribution in [2.75, 3.05) is 13.1 Å². The zero-order valence-electron chi connectivity index (χ0n) is 12.3. The lowest BCUT2D eigenvalue weighted by molar-refractivity contribution is 0.114. The Bertz CT molecular complexity index is 477. The molecular formula is C17H23F2N. The van der Waals surface area contributed by atoms with Crippen molar-refractivity contribution >= 4 is 0 Å². The van der Waals surface area contributed by atoms with Gasteiger partial charge < -0.3 is 5.32 Å². The van der Waals surface area contributed by atoms with E-state index in [1.807, 2.05) is 0 Å². The van der Waals surface area contributed by atoms with Crippen molar-refractivity contribution < 1.29 is 8.78 Å². The fraction of sp³-hybridized carbons (Fsp3) is 0.647. The maximum Gasteiger partial charge on any atom is 0.126 e. The van der Waals surface area contributed by atoms with Gasteiger partial charge in [-0.25, -0.2) is 8.78 Å². The number of hydrogen-bond donors (Lipinski definition) is 1. The van der Waals surface area contributed by atoms with E-state index in [1.165, 1.54) is 25.0 Å². The number of nitrogens with one attached hydrogen (secondary N) is 1. The van der Waals surface area contributed by atoms with E-state index in [9.17, 15) is 8.78 Å². The Kier molecular flexibility index (Phi) is 3.36. The van der Waals surface area contributed by atoms with Crippen molar-refractivity contribution in [1.29, 1.82) is 0 Å². The highest BCUT2D eigenvalue weighted by Crippen LogP contribution is 2.68. The van der Waals surface area contributed by atoms with Gasteiger partial charge in [0.1, 0.15) is 11.6 Å². The fourth-order valence-corrected chi connectivity index (χ4v) is 3.81. The molecule has 2 saturated carbocycles.